The van der Waals surface area contributed by atoms with E-state index in [1.807, 2.05) is 0 Å². The second kappa shape index (κ2) is 8.22. The quantitative estimate of drug-likeness (QED) is 0.534. The van der Waals surface area contributed by atoms with Crippen LogP contribution in [0.4, 0.5) is 17.6 Å². The molecule has 2 aliphatic heterocycles. The van der Waals surface area contributed by atoms with E-state index in [9.17, 15) is 18.0 Å². The highest BCUT2D eigenvalue weighted by molar-refractivity contribution is 5.94. The number of likely N-dealkylation sites (tertiary alicyclic amines) is 1. The molecule has 184 valence electrons. The van der Waals surface area contributed by atoms with Gasteiger partial charge in [0.2, 0.25) is 0 Å². The van der Waals surface area contributed by atoms with Gasteiger partial charge in [0, 0.05) is 47.8 Å². The molecular formula is C25H24F4N4O2. The highest BCUT2D eigenvalue weighted by Gasteiger charge is 2.40. The standard InChI is InChI=1S/C25H24F4N4O2/c26-18-12-31-23-22(21-17-11-30-10-15(17)9-19(21)32-23)20(18)13-5-7-33(8-6-13)24(34)14-1-3-16(4-2-14)35-25(27,28)29/h1-4,12-13,15,17,30H,5-11H2,(H,31,32). The Kier molecular flexibility index (Phi) is 5.24. The SMILES string of the molecule is O=C(c1ccc(OC(F)(F)F)cc1)N1CCC(c2c(F)cnc3[nH]c4c(c23)C2CNCC2C4)CC1. The highest BCUT2D eigenvalue weighted by Crippen LogP contribution is 2.47. The van der Waals surface area contributed by atoms with Crippen LogP contribution < -0.4 is 10.1 Å². The zero-order valence-electron chi connectivity index (χ0n) is 18.8. The molecule has 2 N–H and O–H groups in total. The van der Waals surface area contributed by atoms with Gasteiger partial charge in [0.25, 0.3) is 5.91 Å². The van der Waals surface area contributed by atoms with Crippen molar-refractivity contribution in [3.8, 4) is 5.75 Å². The summed E-state index contributed by atoms with van der Waals surface area (Å²) < 4.78 is 56.2. The molecule has 2 fully saturated rings. The summed E-state index contributed by atoms with van der Waals surface area (Å²) in [6.07, 6.45) is -1.34. The molecule has 2 saturated heterocycles. The number of H-pyrrole nitrogens is 1. The Labute approximate surface area is 198 Å². The average molecular weight is 488 g/mol. The minimum absolute atomic E-state index is 0.0413. The van der Waals surface area contributed by atoms with Gasteiger partial charge in [-0.25, -0.2) is 9.37 Å². The molecular weight excluding hydrogens is 464 g/mol. The number of nitrogens with one attached hydrogen (secondary N) is 2. The number of pyridine rings is 1. The molecule has 35 heavy (non-hydrogen) atoms. The van der Waals surface area contributed by atoms with Gasteiger partial charge in [-0.05, 0) is 67.5 Å². The lowest BCUT2D eigenvalue weighted by Gasteiger charge is -2.33. The molecule has 0 spiro atoms. The normalized spacial score (nSPS) is 22.5. The van der Waals surface area contributed by atoms with Crippen molar-refractivity contribution in [2.24, 2.45) is 5.92 Å². The molecule has 6 nitrogen and oxygen atoms in total. The summed E-state index contributed by atoms with van der Waals surface area (Å²) in [5.74, 6) is -0.0798. The molecule has 0 radical (unpaired) electrons. The molecule has 0 saturated carbocycles. The zero-order valence-corrected chi connectivity index (χ0v) is 18.8. The number of rotatable bonds is 3. The van der Waals surface area contributed by atoms with E-state index < -0.39 is 6.36 Å². The Hall–Kier alpha value is -3.14. The number of fused-ring (bicyclic) bond motifs is 5. The number of aromatic nitrogens is 2. The van der Waals surface area contributed by atoms with Crippen molar-refractivity contribution in [3.05, 3.63) is 58.7 Å². The van der Waals surface area contributed by atoms with Crippen LogP contribution in [-0.2, 0) is 6.42 Å². The smallest absolute Gasteiger partial charge is 0.406 e. The second-order valence-corrected chi connectivity index (χ2v) is 9.63. The predicted molar refractivity (Wildman–Crippen MR) is 120 cm³/mol. The summed E-state index contributed by atoms with van der Waals surface area (Å²) in [6, 6.07) is 4.93. The van der Waals surface area contributed by atoms with Gasteiger partial charge in [0.1, 0.15) is 17.2 Å². The van der Waals surface area contributed by atoms with Gasteiger partial charge in [-0.2, -0.15) is 0 Å². The molecule has 6 rings (SSSR count). The molecule has 3 aliphatic rings. The van der Waals surface area contributed by atoms with Crippen LogP contribution in [-0.4, -0.2) is 53.3 Å². The van der Waals surface area contributed by atoms with Crippen LogP contribution in [0.3, 0.4) is 0 Å². The lowest BCUT2D eigenvalue weighted by molar-refractivity contribution is -0.274. The molecule has 3 aromatic rings. The van der Waals surface area contributed by atoms with Crippen molar-refractivity contribution in [1.82, 2.24) is 20.2 Å². The van der Waals surface area contributed by atoms with Gasteiger partial charge in [-0.15, -0.1) is 13.2 Å². The van der Waals surface area contributed by atoms with Gasteiger partial charge >= 0.3 is 6.36 Å². The Morgan fingerprint density at radius 3 is 2.54 bits per heavy atom. The average Bonchev–Trinajstić information content (AvgIpc) is 3.49. The lowest BCUT2D eigenvalue weighted by Crippen LogP contribution is -2.38. The van der Waals surface area contributed by atoms with Gasteiger partial charge in [-0.1, -0.05) is 0 Å². The van der Waals surface area contributed by atoms with Crippen LogP contribution in [0.25, 0.3) is 11.0 Å². The molecule has 1 aliphatic carbocycles. The first-order valence-electron chi connectivity index (χ1n) is 11.8. The van der Waals surface area contributed by atoms with Crippen molar-refractivity contribution >= 4 is 16.9 Å². The minimum atomic E-state index is -4.78. The topological polar surface area (TPSA) is 70.2 Å². The van der Waals surface area contributed by atoms with Crippen molar-refractivity contribution < 1.29 is 27.1 Å². The molecule has 2 aromatic heterocycles. The van der Waals surface area contributed by atoms with Gasteiger partial charge in [0.05, 0.1) is 6.20 Å². The fraction of sp³-hybridized carbons (Fsp3) is 0.440. The van der Waals surface area contributed by atoms with E-state index in [4.69, 9.17) is 0 Å². The number of amides is 1. The van der Waals surface area contributed by atoms with Crippen molar-refractivity contribution in [3.63, 3.8) is 0 Å². The molecule has 4 heterocycles. The minimum Gasteiger partial charge on any atom is -0.406 e. The van der Waals surface area contributed by atoms with Crippen LogP contribution in [0.5, 0.6) is 5.75 Å². The number of halogens is 4. The van der Waals surface area contributed by atoms with E-state index in [2.05, 4.69) is 20.0 Å². The van der Waals surface area contributed by atoms with Gasteiger partial charge in [0.15, 0.2) is 0 Å². The Bertz CT molecular complexity index is 1280. The van der Waals surface area contributed by atoms with E-state index in [0.717, 1.165) is 42.7 Å². The summed E-state index contributed by atoms with van der Waals surface area (Å²) in [5, 5.41) is 4.36. The summed E-state index contributed by atoms with van der Waals surface area (Å²) in [6.45, 7) is 2.73. The molecule has 1 amide bonds. The number of benzene rings is 1. The zero-order chi connectivity index (χ0) is 24.3. The number of hydrogen-bond donors (Lipinski definition) is 2. The summed E-state index contributed by atoms with van der Waals surface area (Å²) in [5.41, 5.74) is 4.09. The van der Waals surface area contributed by atoms with E-state index in [0.29, 0.717) is 48.9 Å². The number of nitrogens with zero attached hydrogens (tertiary/aromatic N) is 2. The summed E-state index contributed by atoms with van der Waals surface area (Å²) in [7, 11) is 0. The summed E-state index contributed by atoms with van der Waals surface area (Å²) in [4.78, 5) is 22.4. The monoisotopic (exact) mass is 488 g/mol. The van der Waals surface area contributed by atoms with Crippen LogP contribution in [0.15, 0.2) is 30.5 Å². The van der Waals surface area contributed by atoms with Crippen LogP contribution >= 0.6 is 0 Å². The summed E-state index contributed by atoms with van der Waals surface area (Å²) >= 11 is 0. The first kappa shape index (κ1) is 22.3. The maximum absolute atomic E-state index is 15.2. The van der Waals surface area contributed by atoms with Crippen LogP contribution in [0.2, 0.25) is 0 Å². The maximum Gasteiger partial charge on any atom is 0.573 e. The maximum atomic E-state index is 15.2. The Morgan fingerprint density at radius 1 is 1.09 bits per heavy atom. The van der Waals surface area contributed by atoms with Crippen LogP contribution in [0.1, 0.15) is 51.9 Å². The first-order valence-corrected chi connectivity index (χ1v) is 11.8. The number of hydrogen-bond acceptors (Lipinski definition) is 4. The van der Waals surface area contributed by atoms with E-state index in [1.165, 1.54) is 29.6 Å². The number of carbonyl (C=O) groups is 1. The van der Waals surface area contributed by atoms with Gasteiger partial charge < -0.3 is 19.9 Å². The number of alkyl halides is 3. The van der Waals surface area contributed by atoms with E-state index in [1.54, 1.807) is 4.90 Å². The fourth-order valence-electron chi connectivity index (χ4n) is 6.10. The lowest BCUT2D eigenvalue weighted by atomic mass is 9.85. The molecule has 2 atom stereocenters. The largest absolute Gasteiger partial charge is 0.573 e. The van der Waals surface area contributed by atoms with Crippen LogP contribution in [0, 0.1) is 11.7 Å². The van der Waals surface area contributed by atoms with Crippen molar-refractivity contribution in [2.45, 2.75) is 37.5 Å². The first-order chi connectivity index (χ1) is 16.8. The van der Waals surface area contributed by atoms with E-state index >= 15 is 4.39 Å². The highest BCUT2D eigenvalue weighted by atomic mass is 19.4. The number of ether oxygens (including phenoxy) is 1. The molecule has 10 heteroatoms. The molecule has 2 unspecified atom stereocenters. The Morgan fingerprint density at radius 2 is 1.83 bits per heavy atom. The van der Waals surface area contributed by atoms with Gasteiger partial charge in [-0.3, -0.25) is 4.79 Å². The predicted octanol–water partition coefficient (Wildman–Crippen LogP) is 4.48. The Balaban J connectivity index is 1.20. The third kappa shape index (κ3) is 3.93. The molecule has 1 aromatic carbocycles. The molecule has 0 bridgehead atoms. The van der Waals surface area contributed by atoms with E-state index in [-0.39, 0.29) is 23.4 Å². The fourth-order valence-corrected chi connectivity index (χ4v) is 6.10. The number of carbonyl (C=O) groups excluding carboxylic acids is 1. The number of aromatic amines is 1. The third-order valence-corrected chi connectivity index (χ3v) is 7.64. The number of piperidine rings is 1. The second-order valence-electron chi connectivity index (χ2n) is 9.63. The van der Waals surface area contributed by atoms with Crippen molar-refractivity contribution in [2.75, 3.05) is 26.2 Å². The third-order valence-electron chi connectivity index (χ3n) is 7.64. The van der Waals surface area contributed by atoms with Crippen molar-refractivity contribution in [1.29, 1.82) is 0 Å².